The van der Waals surface area contributed by atoms with Crippen LogP contribution in [0.25, 0.3) is 87.6 Å². The minimum Gasteiger partial charge on any atom is -0.455 e. The monoisotopic (exact) mass is 669 g/mol. The van der Waals surface area contributed by atoms with Crippen molar-refractivity contribution >= 4 is 93.8 Å². The maximum absolute atomic E-state index is 6.47. The summed E-state index contributed by atoms with van der Waals surface area (Å²) < 4.78 is 9.00. The molecular weight excluding hydrogens is 643 g/mol. The molecule has 0 aliphatic carbocycles. The zero-order valence-corrected chi connectivity index (χ0v) is 28.1. The fourth-order valence-electron chi connectivity index (χ4n) is 7.64. The molecule has 0 bridgehead atoms. The lowest BCUT2D eigenvalue weighted by Crippen LogP contribution is -2.15. The molecule has 7 aromatic carbocycles. The molecule has 11 rings (SSSR count). The van der Waals surface area contributed by atoms with E-state index in [0.717, 1.165) is 77.7 Å². The van der Waals surface area contributed by atoms with Crippen molar-refractivity contribution in [2.45, 2.75) is 0 Å². The van der Waals surface area contributed by atoms with Crippen LogP contribution in [0, 0.1) is 0 Å². The second-order valence-electron chi connectivity index (χ2n) is 13.0. The van der Waals surface area contributed by atoms with Crippen molar-refractivity contribution in [2.24, 2.45) is 0 Å². The van der Waals surface area contributed by atoms with E-state index in [1.807, 2.05) is 35.6 Å². The number of aromatic nitrogens is 2. The molecule has 51 heavy (non-hydrogen) atoms. The number of nitrogens with zero attached hydrogens (tertiary/aromatic N) is 3. The van der Waals surface area contributed by atoms with Crippen molar-refractivity contribution in [3.63, 3.8) is 0 Å². The van der Waals surface area contributed by atoms with Crippen molar-refractivity contribution in [1.82, 2.24) is 9.97 Å². The second-order valence-corrected chi connectivity index (χ2v) is 14.1. The van der Waals surface area contributed by atoms with Crippen LogP contribution < -0.4 is 4.90 Å². The van der Waals surface area contributed by atoms with Crippen molar-refractivity contribution in [3.8, 4) is 22.4 Å². The molecule has 0 atom stereocenters. The standard InChI is InChI=1S/C46H27N3OS/c1-2-11-28(12-3-1)44-36-15-4-7-18-38(36)47-46(48-44)49-39-24-23-29(32-16-10-17-35-33-13-5-8-19-41(33)50-45(32)35)25-30(39)21-22-31-26-43-37(27-40(31)49)34-14-6-9-20-42(34)51-43/h1-27H. The van der Waals surface area contributed by atoms with Gasteiger partial charge in [-0.1, -0.05) is 121 Å². The molecule has 0 spiro atoms. The molecule has 10 aromatic rings. The number of para-hydroxylation sites is 3. The third-order valence-corrected chi connectivity index (χ3v) is 11.2. The van der Waals surface area contributed by atoms with Gasteiger partial charge in [0.2, 0.25) is 5.95 Å². The van der Waals surface area contributed by atoms with Gasteiger partial charge in [0.25, 0.3) is 0 Å². The Bertz CT molecular complexity index is 3050. The maximum atomic E-state index is 6.47. The Labute approximate surface area is 297 Å². The Kier molecular flexibility index (Phi) is 6.09. The summed E-state index contributed by atoms with van der Waals surface area (Å²) in [5.74, 6) is 0.629. The predicted octanol–water partition coefficient (Wildman–Crippen LogP) is 13.2. The summed E-state index contributed by atoms with van der Waals surface area (Å²) in [4.78, 5) is 12.9. The van der Waals surface area contributed by atoms with Crippen LogP contribution in [-0.2, 0) is 0 Å². The van der Waals surface area contributed by atoms with Crippen molar-refractivity contribution in [2.75, 3.05) is 4.90 Å². The molecule has 4 nitrogen and oxygen atoms in total. The highest BCUT2D eigenvalue weighted by Gasteiger charge is 2.26. The molecule has 0 N–H and O–H groups in total. The summed E-state index contributed by atoms with van der Waals surface area (Å²) in [5.41, 5.74) is 11.1. The van der Waals surface area contributed by atoms with Crippen LogP contribution in [0.5, 0.6) is 0 Å². The lowest BCUT2D eigenvalue weighted by atomic mass is 9.99. The van der Waals surface area contributed by atoms with Gasteiger partial charge in [-0.05, 0) is 53.6 Å². The SMILES string of the molecule is C1=Cc2cc3sc4ccccc4c3cc2N(c2nc(-c3ccccc3)c3ccccc3n2)c2ccc(-c3cccc4c3oc3ccccc34)cc21. The van der Waals surface area contributed by atoms with E-state index in [-0.39, 0.29) is 0 Å². The van der Waals surface area contributed by atoms with Crippen molar-refractivity contribution in [1.29, 1.82) is 0 Å². The number of furan rings is 1. The molecule has 3 aromatic heterocycles. The molecule has 0 fully saturated rings. The Morgan fingerprint density at radius 3 is 2.14 bits per heavy atom. The van der Waals surface area contributed by atoms with Gasteiger partial charge in [0, 0.05) is 53.0 Å². The van der Waals surface area contributed by atoms with Crippen LogP contribution in [0.15, 0.2) is 156 Å². The number of fused-ring (bicyclic) bond motifs is 9. The summed E-state index contributed by atoms with van der Waals surface area (Å²) in [5, 5.41) is 5.75. The van der Waals surface area contributed by atoms with Crippen LogP contribution in [0.3, 0.4) is 0 Å². The summed E-state index contributed by atoms with van der Waals surface area (Å²) in [6.45, 7) is 0. The molecule has 1 aliphatic rings. The van der Waals surface area contributed by atoms with Crippen LogP contribution >= 0.6 is 11.3 Å². The highest BCUT2D eigenvalue weighted by Crippen LogP contribution is 2.47. The summed E-state index contributed by atoms with van der Waals surface area (Å²) in [6.07, 6.45) is 4.47. The highest BCUT2D eigenvalue weighted by atomic mass is 32.1. The summed E-state index contributed by atoms with van der Waals surface area (Å²) in [7, 11) is 0. The molecule has 0 unspecified atom stereocenters. The number of rotatable bonds is 3. The minimum atomic E-state index is 0.629. The van der Waals surface area contributed by atoms with Crippen molar-refractivity contribution < 1.29 is 4.42 Å². The average Bonchev–Trinajstić information content (AvgIpc) is 3.70. The van der Waals surface area contributed by atoms with E-state index < -0.39 is 0 Å². The number of hydrogen-bond donors (Lipinski definition) is 0. The minimum absolute atomic E-state index is 0.629. The molecule has 0 radical (unpaired) electrons. The van der Waals surface area contributed by atoms with Gasteiger partial charge < -0.3 is 4.42 Å². The third-order valence-electron chi connectivity index (χ3n) is 10.0. The van der Waals surface area contributed by atoms with E-state index in [9.17, 15) is 0 Å². The fraction of sp³-hybridized carbons (Fsp3) is 0. The quantitative estimate of drug-likeness (QED) is 0.188. The molecule has 0 saturated carbocycles. The predicted molar refractivity (Wildman–Crippen MR) is 214 cm³/mol. The Morgan fingerprint density at radius 2 is 1.24 bits per heavy atom. The maximum Gasteiger partial charge on any atom is 0.235 e. The van der Waals surface area contributed by atoms with Crippen LogP contribution in [0.4, 0.5) is 17.3 Å². The van der Waals surface area contributed by atoms with E-state index in [1.165, 1.54) is 20.2 Å². The highest BCUT2D eigenvalue weighted by molar-refractivity contribution is 7.25. The first-order valence-electron chi connectivity index (χ1n) is 17.1. The zero-order chi connectivity index (χ0) is 33.5. The molecule has 5 heteroatoms. The Balaban J connectivity index is 1.18. The largest absolute Gasteiger partial charge is 0.455 e. The van der Waals surface area contributed by atoms with Gasteiger partial charge in [-0.2, -0.15) is 0 Å². The van der Waals surface area contributed by atoms with Crippen LogP contribution in [-0.4, -0.2) is 9.97 Å². The van der Waals surface area contributed by atoms with Crippen LogP contribution in [0.2, 0.25) is 0 Å². The normalized spacial score (nSPS) is 12.6. The summed E-state index contributed by atoms with van der Waals surface area (Å²) in [6, 6.07) is 53.4. The fourth-order valence-corrected chi connectivity index (χ4v) is 8.78. The number of benzene rings is 7. The number of anilines is 3. The zero-order valence-electron chi connectivity index (χ0n) is 27.2. The average molecular weight is 670 g/mol. The van der Waals surface area contributed by atoms with Gasteiger partial charge >= 0.3 is 0 Å². The smallest absolute Gasteiger partial charge is 0.235 e. The van der Waals surface area contributed by atoms with E-state index >= 15 is 0 Å². The topological polar surface area (TPSA) is 42.2 Å². The third kappa shape index (κ3) is 4.38. The second kappa shape index (κ2) is 11.0. The van der Waals surface area contributed by atoms with Gasteiger partial charge in [-0.3, -0.25) is 4.90 Å². The molecule has 0 saturated heterocycles. The number of thiophene rings is 1. The van der Waals surface area contributed by atoms with E-state index in [4.69, 9.17) is 14.4 Å². The first-order chi connectivity index (χ1) is 25.3. The molecule has 1 aliphatic heterocycles. The molecule has 238 valence electrons. The van der Waals surface area contributed by atoms with Gasteiger partial charge in [0.1, 0.15) is 11.2 Å². The number of hydrogen-bond acceptors (Lipinski definition) is 5. The van der Waals surface area contributed by atoms with Gasteiger partial charge in [0.05, 0.1) is 22.6 Å². The first kappa shape index (κ1) is 28.3. The van der Waals surface area contributed by atoms with Gasteiger partial charge in [-0.25, -0.2) is 9.97 Å². The summed E-state index contributed by atoms with van der Waals surface area (Å²) >= 11 is 1.83. The lowest BCUT2D eigenvalue weighted by Gasteiger charge is -2.26. The van der Waals surface area contributed by atoms with E-state index in [0.29, 0.717) is 5.95 Å². The lowest BCUT2D eigenvalue weighted by molar-refractivity contribution is 0.670. The first-order valence-corrected chi connectivity index (χ1v) is 17.9. The van der Waals surface area contributed by atoms with Gasteiger partial charge in [-0.15, -0.1) is 11.3 Å². The Hall–Kier alpha value is -6.56. The van der Waals surface area contributed by atoms with Crippen molar-refractivity contribution in [3.05, 3.63) is 163 Å². The molecular formula is C46H27N3OS. The van der Waals surface area contributed by atoms with Gasteiger partial charge in [0.15, 0.2) is 0 Å². The molecule has 4 heterocycles. The Morgan fingerprint density at radius 1 is 0.490 bits per heavy atom. The van der Waals surface area contributed by atoms with E-state index in [1.54, 1.807) is 0 Å². The molecule has 0 amide bonds. The van der Waals surface area contributed by atoms with Crippen LogP contribution in [0.1, 0.15) is 11.1 Å². The van der Waals surface area contributed by atoms with E-state index in [2.05, 4.69) is 144 Å².